The minimum absolute atomic E-state index is 0.357. The number of rotatable bonds is 22. The van der Waals surface area contributed by atoms with Crippen LogP contribution in [0.2, 0.25) is 0 Å². The van der Waals surface area contributed by atoms with Crippen LogP contribution >= 0.6 is 0 Å². The molecule has 8 heteroatoms. The molecule has 0 amide bonds. The first-order valence-electron chi connectivity index (χ1n) is 19.2. The van der Waals surface area contributed by atoms with E-state index in [1.54, 1.807) is 97.1 Å². The summed E-state index contributed by atoms with van der Waals surface area (Å²) < 4.78 is 21.7. The predicted molar refractivity (Wildman–Crippen MR) is 213 cm³/mol. The van der Waals surface area contributed by atoms with Crippen LogP contribution in [0.15, 0.2) is 97.1 Å². The first-order chi connectivity index (χ1) is 26.3. The number of carbonyl (C=O) groups is 4. The third-order valence-electron chi connectivity index (χ3n) is 8.80. The molecule has 0 unspecified atom stereocenters. The van der Waals surface area contributed by atoms with Gasteiger partial charge in [-0.25, -0.2) is 19.2 Å². The van der Waals surface area contributed by atoms with Gasteiger partial charge in [0.25, 0.3) is 0 Å². The largest absolute Gasteiger partial charge is 0.463 e. The molecular weight excluding hydrogens is 680 g/mol. The third-order valence-corrected chi connectivity index (χ3v) is 8.80. The van der Waals surface area contributed by atoms with Crippen molar-refractivity contribution >= 4 is 46.8 Å². The van der Waals surface area contributed by atoms with Crippen molar-refractivity contribution in [3.05, 3.63) is 119 Å². The van der Waals surface area contributed by atoms with E-state index in [0.717, 1.165) is 60.4 Å². The van der Waals surface area contributed by atoms with Crippen molar-refractivity contribution in [1.82, 2.24) is 0 Å². The van der Waals surface area contributed by atoms with Crippen molar-refractivity contribution < 1.29 is 38.1 Å². The molecule has 0 saturated carbocycles. The third kappa shape index (κ3) is 14.9. The number of hydrogen-bond acceptors (Lipinski definition) is 8. The van der Waals surface area contributed by atoms with Gasteiger partial charge in [0.05, 0.1) is 24.3 Å². The van der Waals surface area contributed by atoms with Gasteiger partial charge in [0.1, 0.15) is 11.5 Å². The van der Waals surface area contributed by atoms with Gasteiger partial charge in [-0.05, 0) is 95.4 Å². The maximum atomic E-state index is 12.9. The molecule has 0 aliphatic rings. The maximum absolute atomic E-state index is 12.9. The van der Waals surface area contributed by atoms with Gasteiger partial charge >= 0.3 is 23.9 Å². The van der Waals surface area contributed by atoms with Crippen LogP contribution in [0.25, 0.3) is 22.9 Å². The summed E-state index contributed by atoms with van der Waals surface area (Å²) in [5.41, 5.74) is 2.26. The van der Waals surface area contributed by atoms with Gasteiger partial charge in [-0.3, -0.25) is 0 Å². The molecule has 0 N–H and O–H groups in total. The van der Waals surface area contributed by atoms with Crippen LogP contribution < -0.4 is 9.47 Å². The van der Waals surface area contributed by atoms with Crippen LogP contribution in [0.3, 0.4) is 0 Å². The lowest BCUT2D eigenvalue weighted by atomic mass is 10.0. The van der Waals surface area contributed by atoms with Gasteiger partial charge < -0.3 is 18.9 Å². The van der Waals surface area contributed by atoms with E-state index in [-0.39, 0.29) is 11.9 Å². The minimum atomic E-state index is -0.523. The molecular formula is C46H52O8. The summed E-state index contributed by atoms with van der Waals surface area (Å²) in [4.78, 5) is 49.9. The first kappa shape index (κ1) is 41.3. The van der Waals surface area contributed by atoms with Crippen molar-refractivity contribution in [2.24, 2.45) is 0 Å². The Morgan fingerprint density at radius 3 is 1.22 bits per heavy atom. The number of carbonyl (C=O) groups excluding carboxylic acids is 4. The van der Waals surface area contributed by atoms with Gasteiger partial charge in [-0.2, -0.15) is 0 Å². The van der Waals surface area contributed by atoms with E-state index in [1.807, 2.05) is 0 Å². The fourth-order valence-electron chi connectivity index (χ4n) is 5.66. The average Bonchev–Trinajstić information content (AvgIpc) is 3.19. The van der Waals surface area contributed by atoms with Crippen LogP contribution in [0, 0.1) is 0 Å². The highest BCUT2D eigenvalue weighted by atomic mass is 16.5. The molecule has 0 spiro atoms. The molecule has 0 fully saturated rings. The second kappa shape index (κ2) is 23.2. The molecule has 4 aromatic rings. The molecule has 4 aromatic carbocycles. The monoisotopic (exact) mass is 732 g/mol. The molecule has 4 rings (SSSR count). The van der Waals surface area contributed by atoms with Crippen LogP contribution in [0.4, 0.5) is 0 Å². The van der Waals surface area contributed by atoms with Gasteiger partial charge in [0, 0.05) is 12.2 Å². The minimum Gasteiger partial charge on any atom is -0.463 e. The zero-order chi connectivity index (χ0) is 38.4. The molecule has 0 saturated heterocycles. The summed E-state index contributed by atoms with van der Waals surface area (Å²) >= 11 is 0. The van der Waals surface area contributed by atoms with Gasteiger partial charge in [0.2, 0.25) is 0 Å². The van der Waals surface area contributed by atoms with Crippen molar-refractivity contribution in [1.29, 1.82) is 0 Å². The number of esters is 4. The maximum Gasteiger partial charge on any atom is 0.343 e. The molecule has 0 radical (unpaired) electrons. The highest BCUT2D eigenvalue weighted by molar-refractivity contribution is 6.00. The van der Waals surface area contributed by atoms with Gasteiger partial charge in [0.15, 0.2) is 0 Å². The Bertz CT molecular complexity index is 1720. The van der Waals surface area contributed by atoms with Crippen LogP contribution in [0.5, 0.6) is 11.5 Å². The SMILES string of the molecule is CCCCCCCCOC(=O)/C=C/c1ccc(OC(=O)c2ccc3cc(C(=O)Oc4ccc(/C=C/C(=O)OCCCCCCCC)cc4)ccc3c2)cc1. The van der Waals surface area contributed by atoms with Crippen LogP contribution in [-0.2, 0) is 19.1 Å². The Morgan fingerprint density at radius 1 is 0.463 bits per heavy atom. The average molecular weight is 733 g/mol. The Balaban J connectivity index is 1.21. The van der Waals surface area contributed by atoms with E-state index in [2.05, 4.69) is 13.8 Å². The second-order valence-corrected chi connectivity index (χ2v) is 13.2. The van der Waals surface area contributed by atoms with E-state index in [1.165, 1.54) is 50.7 Å². The summed E-state index contributed by atoms with van der Waals surface area (Å²) in [5.74, 6) is -1.07. The lowest BCUT2D eigenvalue weighted by Gasteiger charge is -2.08. The molecule has 54 heavy (non-hydrogen) atoms. The summed E-state index contributed by atoms with van der Waals surface area (Å²) in [6, 6.07) is 23.9. The Hall–Kier alpha value is -5.50. The smallest absolute Gasteiger partial charge is 0.343 e. The summed E-state index contributed by atoms with van der Waals surface area (Å²) in [5, 5.41) is 1.51. The van der Waals surface area contributed by atoms with E-state index in [9.17, 15) is 19.2 Å². The molecule has 0 aliphatic heterocycles. The highest BCUT2D eigenvalue weighted by Crippen LogP contribution is 2.22. The first-order valence-corrected chi connectivity index (χ1v) is 19.2. The zero-order valence-electron chi connectivity index (χ0n) is 31.6. The molecule has 0 aromatic heterocycles. The molecule has 0 atom stereocenters. The van der Waals surface area contributed by atoms with E-state index >= 15 is 0 Å². The summed E-state index contributed by atoms with van der Waals surface area (Å²) in [6.07, 6.45) is 19.7. The zero-order valence-corrected chi connectivity index (χ0v) is 31.6. The number of ether oxygens (including phenoxy) is 4. The van der Waals surface area contributed by atoms with E-state index in [0.29, 0.717) is 35.8 Å². The fraction of sp³-hybridized carbons (Fsp3) is 0.348. The van der Waals surface area contributed by atoms with Gasteiger partial charge in [-0.1, -0.05) is 114 Å². The number of benzene rings is 4. The van der Waals surface area contributed by atoms with E-state index < -0.39 is 11.9 Å². The van der Waals surface area contributed by atoms with Crippen molar-refractivity contribution in [2.75, 3.05) is 13.2 Å². The van der Waals surface area contributed by atoms with Crippen LogP contribution in [0.1, 0.15) is 123 Å². The molecule has 0 heterocycles. The lowest BCUT2D eigenvalue weighted by molar-refractivity contribution is -0.138. The quantitative estimate of drug-likeness (QED) is 0.0340. The normalized spacial score (nSPS) is 11.2. The van der Waals surface area contributed by atoms with Crippen molar-refractivity contribution in [3.8, 4) is 11.5 Å². The molecule has 284 valence electrons. The lowest BCUT2D eigenvalue weighted by Crippen LogP contribution is -2.09. The summed E-state index contributed by atoms with van der Waals surface area (Å²) in [7, 11) is 0. The Labute approximate surface area is 319 Å². The number of unbranched alkanes of at least 4 members (excludes halogenated alkanes) is 10. The Morgan fingerprint density at radius 2 is 0.833 bits per heavy atom. The second-order valence-electron chi connectivity index (χ2n) is 13.2. The summed E-state index contributed by atoms with van der Waals surface area (Å²) in [6.45, 7) is 5.21. The van der Waals surface area contributed by atoms with Gasteiger partial charge in [-0.15, -0.1) is 0 Å². The predicted octanol–water partition coefficient (Wildman–Crippen LogP) is 11.1. The molecule has 0 aliphatic carbocycles. The van der Waals surface area contributed by atoms with E-state index in [4.69, 9.17) is 18.9 Å². The number of hydrogen-bond donors (Lipinski definition) is 0. The fourth-order valence-corrected chi connectivity index (χ4v) is 5.66. The van der Waals surface area contributed by atoms with Crippen molar-refractivity contribution in [2.45, 2.75) is 90.9 Å². The highest BCUT2D eigenvalue weighted by Gasteiger charge is 2.13. The van der Waals surface area contributed by atoms with Crippen LogP contribution in [-0.4, -0.2) is 37.1 Å². The topological polar surface area (TPSA) is 105 Å². The molecule has 0 bridgehead atoms. The number of fused-ring (bicyclic) bond motifs is 1. The Kier molecular flexibility index (Phi) is 17.7. The molecule has 8 nitrogen and oxygen atoms in total. The standard InChI is InChI=1S/C46H52O8/c1-3-5-7-9-11-13-31-51-43(47)29-19-35-15-25-41(26-16-35)53-45(49)39-23-21-38-34-40(24-22-37(38)33-39)46(50)54-42-27-17-36(18-28-42)20-30-44(48)52-32-14-12-10-8-6-4-2/h15-30,33-34H,3-14,31-32H2,1-2H3/b29-19+,30-20+. The van der Waals surface area contributed by atoms with Crippen molar-refractivity contribution in [3.63, 3.8) is 0 Å².